The fraction of sp³-hybridized carbons (Fsp3) is 0. The fourth-order valence-corrected chi connectivity index (χ4v) is 6.66. The molecular weight excluding hydrogens is 779 g/mol. The summed E-state index contributed by atoms with van der Waals surface area (Å²) in [5.41, 5.74) is 10.3. The van der Waals surface area contributed by atoms with Crippen molar-refractivity contribution in [2.45, 2.75) is 0 Å². The number of aromatic nitrogens is 9. The minimum Gasteiger partial charge on any atom is -0.628 e. The van der Waals surface area contributed by atoms with Gasteiger partial charge in [0.25, 0.3) is 0 Å². The van der Waals surface area contributed by atoms with Crippen LogP contribution in [-0.2, 0) is 27.3 Å². The van der Waals surface area contributed by atoms with E-state index in [2.05, 4.69) is 73.5 Å². The van der Waals surface area contributed by atoms with Crippen molar-refractivity contribution in [3.63, 3.8) is 0 Å². The Morgan fingerprint density at radius 2 is 0.455 bits per heavy atom. The van der Waals surface area contributed by atoms with E-state index in [1.54, 1.807) is 62.0 Å². The van der Waals surface area contributed by atoms with Crippen molar-refractivity contribution in [2.24, 2.45) is 0 Å². The van der Waals surface area contributed by atoms with Gasteiger partial charge in [0.15, 0.2) is 0 Å². The van der Waals surface area contributed by atoms with E-state index in [1.807, 2.05) is 66.7 Å². The molecule has 0 N–H and O–H groups in total. The van der Waals surface area contributed by atoms with Gasteiger partial charge in [0.1, 0.15) is 0 Å². The summed E-state index contributed by atoms with van der Waals surface area (Å²) in [6, 6.07) is 38.0. The molecule has 0 spiro atoms. The summed E-state index contributed by atoms with van der Waals surface area (Å²) in [6.07, 6.45) is 17.8. The van der Waals surface area contributed by atoms with E-state index in [1.165, 1.54) is 0 Å². The van der Waals surface area contributed by atoms with Gasteiger partial charge in [0, 0.05) is 160 Å². The van der Waals surface area contributed by atoms with E-state index < -0.39 is 0 Å². The molecule has 0 atom stereocenters. The summed E-state index contributed by atoms with van der Waals surface area (Å²) in [6.45, 7) is 0. The first-order valence-corrected chi connectivity index (χ1v) is 17.3. The van der Waals surface area contributed by atoms with Gasteiger partial charge in [-0.05, 0) is 57.7 Å². The molecule has 1 aliphatic heterocycles. The molecule has 0 aromatic carbocycles. The average molecular weight is 808 g/mol. The Bertz CT molecular complexity index is 2100. The summed E-state index contributed by atoms with van der Waals surface area (Å²) < 4.78 is 0. The quantitative estimate of drug-likeness (QED) is 0.144. The van der Waals surface area contributed by atoms with Crippen LogP contribution in [0.15, 0.2) is 177 Å². The molecule has 1 aliphatic rings. The molecule has 256 valence electrons. The minimum absolute atomic E-state index is 0. The van der Waals surface area contributed by atoms with Gasteiger partial charge < -0.3 is 19.9 Å². The Hall–Kier alpha value is -6.73. The second-order valence-electron chi connectivity index (χ2n) is 12.3. The molecule has 0 aliphatic carbocycles. The van der Waals surface area contributed by atoms with Crippen LogP contribution in [0.2, 0.25) is 0 Å². The van der Waals surface area contributed by atoms with Gasteiger partial charge in [0.2, 0.25) is 0 Å². The van der Waals surface area contributed by atoms with Crippen LogP contribution >= 0.6 is 0 Å². The molecule has 55 heavy (non-hydrogen) atoms. The standard InChI is InChI=1S/C40H24N8.C5H5N.Cd/c1-2-30-38(26-11-19-42-20-12-26)32-5-6-34(47-32)40(28-15-23-44-24-16-28)36-8-7-35(48-36)39(27-13-21-43-22-14-27)33-4-3-31(46-33)37(29(1)45-30)25-9-17-41-18-10-25;1-2-4-6-5-3-1;/h1-24H;1-5H;. The molecule has 9 aromatic heterocycles. The maximum absolute atomic E-state index is 5.25. The summed E-state index contributed by atoms with van der Waals surface area (Å²) in [7, 11) is 0. The Morgan fingerprint density at radius 3 is 0.618 bits per heavy atom. The Morgan fingerprint density at radius 1 is 0.255 bits per heavy atom. The number of fused-ring (bicyclic) bond motifs is 8. The maximum Gasteiger partial charge on any atom is 0.0799 e. The molecule has 0 radical (unpaired) electrons. The summed E-state index contributed by atoms with van der Waals surface area (Å²) >= 11 is 0. The van der Waals surface area contributed by atoms with Crippen molar-refractivity contribution in [1.29, 1.82) is 0 Å². The van der Waals surface area contributed by atoms with Crippen molar-refractivity contribution in [1.82, 2.24) is 44.9 Å². The molecule has 9 nitrogen and oxygen atoms in total. The van der Waals surface area contributed by atoms with Crippen molar-refractivity contribution < 1.29 is 27.3 Å². The average Bonchev–Trinajstić information content (AvgIpc) is 4.09. The third-order valence-corrected chi connectivity index (χ3v) is 9.05. The first-order chi connectivity index (χ1) is 26.8. The van der Waals surface area contributed by atoms with Crippen LogP contribution in [0.25, 0.3) is 0 Å². The Kier molecular flexibility index (Phi) is 10.3. The summed E-state index contributed by atoms with van der Waals surface area (Å²) in [5.74, 6) is 3.63. The van der Waals surface area contributed by atoms with Gasteiger partial charge in [-0.1, -0.05) is 6.07 Å². The number of hydrogen-bond donors (Lipinski definition) is 0. The van der Waals surface area contributed by atoms with Crippen LogP contribution in [-0.4, -0.2) is 24.9 Å². The molecule has 10 rings (SSSR count). The van der Waals surface area contributed by atoms with Gasteiger partial charge in [-0.25, -0.2) is 19.9 Å². The van der Waals surface area contributed by atoms with Crippen LogP contribution in [0.4, 0.5) is 0 Å². The van der Waals surface area contributed by atoms with Crippen LogP contribution in [0.5, 0.6) is 0 Å². The first kappa shape index (κ1) is 35.3. The largest absolute Gasteiger partial charge is 0.628 e. The Balaban J connectivity index is 0.000000560. The zero-order valence-electron chi connectivity index (χ0n) is 29.5. The number of hydrogen-bond acceptors (Lipinski definition) is 5. The van der Waals surface area contributed by atoms with E-state index >= 15 is 0 Å². The molecule has 0 fully saturated rings. The predicted octanol–water partition coefficient (Wildman–Crippen LogP) is 6.56. The van der Waals surface area contributed by atoms with Crippen LogP contribution in [0.3, 0.4) is 0 Å². The molecule has 0 unspecified atom stereocenters. The summed E-state index contributed by atoms with van der Waals surface area (Å²) in [5, 5.41) is 0. The monoisotopic (exact) mass is 809 g/mol. The zero-order chi connectivity index (χ0) is 36.1. The molecule has 0 amide bonds. The van der Waals surface area contributed by atoms with Crippen molar-refractivity contribution in [3.05, 3.63) is 269 Å². The van der Waals surface area contributed by atoms with Crippen LogP contribution < -0.4 is 19.9 Å². The SMILES string of the molecule is [Cd].c1cc([C+]2c3ccc([n-]3)[C+](c3ccncc3)c3ccc([n-]3)[C+](c3ccncc3)c3ccc([n-]3)[C+](c3ccncc3)c3ccc2[n-]3)ccn1.c1ccncc1. The molecule has 0 saturated carbocycles. The van der Waals surface area contributed by atoms with E-state index in [4.69, 9.17) is 19.9 Å². The number of rotatable bonds is 4. The van der Waals surface area contributed by atoms with Crippen LogP contribution in [0.1, 0.15) is 67.8 Å². The Labute approximate surface area is 339 Å². The normalized spacial score (nSPS) is 12.1. The second-order valence-corrected chi connectivity index (χ2v) is 12.3. The minimum atomic E-state index is 0. The van der Waals surface area contributed by atoms with E-state index in [0.717, 1.165) is 91.5 Å². The van der Waals surface area contributed by atoms with Gasteiger partial charge in [-0.15, -0.1) is 0 Å². The molecule has 0 saturated heterocycles. The molecule has 10 heteroatoms. The zero-order valence-corrected chi connectivity index (χ0v) is 33.5. The molecular formula is C45H29CdN9. The maximum atomic E-state index is 5.25. The van der Waals surface area contributed by atoms with Crippen LogP contribution in [0, 0.1) is 23.7 Å². The van der Waals surface area contributed by atoms with Crippen molar-refractivity contribution in [2.75, 3.05) is 0 Å². The third-order valence-electron chi connectivity index (χ3n) is 9.05. The van der Waals surface area contributed by atoms with E-state index in [9.17, 15) is 0 Å². The smallest absolute Gasteiger partial charge is 0.0799 e. The fourth-order valence-electron chi connectivity index (χ4n) is 6.66. The van der Waals surface area contributed by atoms with E-state index in [0.29, 0.717) is 0 Å². The predicted molar refractivity (Wildman–Crippen MR) is 202 cm³/mol. The van der Waals surface area contributed by atoms with E-state index in [-0.39, 0.29) is 27.3 Å². The first-order valence-electron chi connectivity index (χ1n) is 17.3. The molecule has 8 bridgehead atoms. The van der Waals surface area contributed by atoms with Gasteiger partial charge in [0.05, 0.1) is 71.8 Å². The van der Waals surface area contributed by atoms with Gasteiger partial charge in [-0.2, -0.15) is 0 Å². The molecule has 9 aromatic rings. The number of nitrogens with zero attached hydrogens (tertiary/aromatic N) is 9. The topological polar surface area (TPSA) is 121 Å². The molecule has 10 heterocycles. The van der Waals surface area contributed by atoms with Crippen molar-refractivity contribution in [3.8, 4) is 0 Å². The second kappa shape index (κ2) is 16.1. The summed E-state index contributed by atoms with van der Waals surface area (Å²) in [4.78, 5) is 41.9. The van der Waals surface area contributed by atoms with Crippen molar-refractivity contribution >= 4 is 0 Å². The van der Waals surface area contributed by atoms with Gasteiger partial charge >= 0.3 is 0 Å². The number of pyridine rings is 5. The third kappa shape index (κ3) is 7.29. The van der Waals surface area contributed by atoms with Gasteiger partial charge in [-0.3, -0.25) is 4.98 Å².